The third-order valence-electron chi connectivity index (χ3n) is 4.09. The highest BCUT2D eigenvalue weighted by atomic mass is 32.2. The van der Waals surface area contributed by atoms with Crippen molar-refractivity contribution in [1.29, 1.82) is 0 Å². The molecule has 0 bridgehead atoms. The third kappa shape index (κ3) is 5.73. The molecule has 2 fully saturated rings. The SMILES string of the molecule is CCNC(=NCC(=O)NC1CC1)NC1CCN(S(=O)(=O)C(F)(F)F)CC1. The molecule has 1 aliphatic carbocycles. The van der Waals surface area contributed by atoms with Gasteiger partial charge in [0.05, 0.1) is 0 Å². The minimum absolute atomic E-state index is 0.0485. The van der Waals surface area contributed by atoms with Gasteiger partial charge in [0.25, 0.3) is 0 Å². The average Bonchev–Trinajstić information content (AvgIpc) is 3.36. The molecule has 2 aliphatic rings. The number of guanidine groups is 1. The van der Waals surface area contributed by atoms with Crippen LogP contribution in [0.2, 0.25) is 0 Å². The number of carbonyl (C=O) groups is 1. The molecule has 0 spiro atoms. The minimum atomic E-state index is -5.28. The highest BCUT2D eigenvalue weighted by Gasteiger charge is 2.50. The fraction of sp³-hybridized carbons (Fsp3) is 0.857. The summed E-state index contributed by atoms with van der Waals surface area (Å²) < 4.78 is 61.0. The number of sulfonamides is 1. The second-order valence-electron chi connectivity index (χ2n) is 6.31. The third-order valence-corrected chi connectivity index (χ3v) is 5.72. The zero-order chi connectivity index (χ0) is 19.4. The van der Waals surface area contributed by atoms with Crippen molar-refractivity contribution < 1.29 is 26.4 Å². The van der Waals surface area contributed by atoms with Crippen LogP contribution >= 0.6 is 0 Å². The first-order valence-corrected chi connectivity index (χ1v) is 9.98. The number of hydrogen-bond acceptors (Lipinski definition) is 4. The van der Waals surface area contributed by atoms with E-state index >= 15 is 0 Å². The summed E-state index contributed by atoms with van der Waals surface area (Å²) >= 11 is 0. The lowest BCUT2D eigenvalue weighted by Gasteiger charge is -2.32. The monoisotopic (exact) mass is 399 g/mol. The number of carbonyl (C=O) groups excluding carboxylic acids is 1. The zero-order valence-electron chi connectivity index (χ0n) is 14.5. The van der Waals surface area contributed by atoms with Gasteiger partial charge in [0, 0.05) is 31.7 Å². The largest absolute Gasteiger partial charge is 0.511 e. The smallest absolute Gasteiger partial charge is 0.357 e. The van der Waals surface area contributed by atoms with Crippen LogP contribution in [0.5, 0.6) is 0 Å². The molecule has 3 N–H and O–H groups in total. The highest BCUT2D eigenvalue weighted by Crippen LogP contribution is 2.28. The minimum Gasteiger partial charge on any atom is -0.357 e. The number of nitrogens with one attached hydrogen (secondary N) is 3. The van der Waals surface area contributed by atoms with Crippen molar-refractivity contribution >= 4 is 21.9 Å². The van der Waals surface area contributed by atoms with E-state index in [2.05, 4.69) is 20.9 Å². The van der Waals surface area contributed by atoms with Crippen molar-refractivity contribution in [2.45, 2.75) is 50.2 Å². The Balaban J connectivity index is 1.85. The molecule has 0 atom stereocenters. The summed E-state index contributed by atoms with van der Waals surface area (Å²) in [7, 11) is -5.28. The van der Waals surface area contributed by atoms with Crippen molar-refractivity contribution in [2.24, 2.45) is 4.99 Å². The van der Waals surface area contributed by atoms with Gasteiger partial charge in [-0.15, -0.1) is 0 Å². The summed E-state index contributed by atoms with van der Waals surface area (Å²) in [5.74, 6) is 0.200. The van der Waals surface area contributed by atoms with Gasteiger partial charge < -0.3 is 16.0 Å². The molecule has 0 unspecified atom stereocenters. The van der Waals surface area contributed by atoms with E-state index < -0.39 is 15.5 Å². The molecule has 1 heterocycles. The number of rotatable bonds is 6. The van der Waals surface area contributed by atoms with E-state index in [1.54, 1.807) is 0 Å². The topological polar surface area (TPSA) is 103 Å². The molecule has 26 heavy (non-hydrogen) atoms. The number of aliphatic imine (C=N–C) groups is 1. The normalized spacial score (nSPS) is 20.7. The van der Waals surface area contributed by atoms with E-state index in [4.69, 9.17) is 0 Å². The van der Waals surface area contributed by atoms with Crippen LogP contribution in [0.25, 0.3) is 0 Å². The molecule has 0 aromatic carbocycles. The Hall–Kier alpha value is -1.56. The molecule has 0 aromatic rings. The van der Waals surface area contributed by atoms with E-state index in [1.165, 1.54) is 0 Å². The van der Waals surface area contributed by atoms with Crippen molar-refractivity contribution in [3.63, 3.8) is 0 Å². The van der Waals surface area contributed by atoms with Crippen molar-refractivity contribution in [1.82, 2.24) is 20.3 Å². The predicted molar refractivity (Wildman–Crippen MR) is 89.8 cm³/mol. The first-order chi connectivity index (χ1) is 12.1. The summed E-state index contributed by atoms with van der Waals surface area (Å²) in [5, 5.41) is 8.83. The van der Waals surface area contributed by atoms with Gasteiger partial charge in [-0.3, -0.25) is 4.79 Å². The molecule has 0 aromatic heterocycles. The van der Waals surface area contributed by atoms with Crippen LogP contribution in [0.3, 0.4) is 0 Å². The van der Waals surface area contributed by atoms with Crippen molar-refractivity contribution in [3.8, 4) is 0 Å². The second kappa shape index (κ2) is 8.42. The lowest BCUT2D eigenvalue weighted by molar-refractivity contribution is -0.119. The Bertz CT molecular complexity index is 626. The molecule has 2 rings (SSSR count). The van der Waals surface area contributed by atoms with Crippen LogP contribution in [0.15, 0.2) is 4.99 Å². The van der Waals surface area contributed by atoms with Gasteiger partial charge >= 0.3 is 15.5 Å². The molecule has 8 nitrogen and oxygen atoms in total. The molecule has 1 saturated carbocycles. The summed E-state index contributed by atoms with van der Waals surface area (Å²) in [6.07, 6.45) is 2.39. The van der Waals surface area contributed by atoms with E-state index in [9.17, 15) is 26.4 Å². The molecule has 12 heteroatoms. The molecule has 150 valence electrons. The number of amides is 1. The van der Waals surface area contributed by atoms with Gasteiger partial charge in [0.2, 0.25) is 5.91 Å². The van der Waals surface area contributed by atoms with E-state index in [0.29, 0.717) is 16.8 Å². The van der Waals surface area contributed by atoms with Crippen LogP contribution in [-0.4, -0.2) is 68.4 Å². The summed E-state index contributed by atoms with van der Waals surface area (Å²) in [6.45, 7) is 1.91. The number of alkyl halides is 3. The maximum Gasteiger partial charge on any atom is 0.511 e. The van der Waals surface area contributed by atoms with Gasteiger partial charge in [-0.2, -0.15) is 17.5 Å². The van der Waals surface area contributed by atoms with Gasteiger partial charge in [-0.1, -0.05) is 0 Å². The van der Waals surface area contributed by atoms with E-state index in [0.717, 1.165) is 12.8 Å². The van der Waals surface area contributed by atoms with Crippen LogP contribution in [0.1, 0.15) is 32.6 Å². The molecule has 1 amide bonds. The van der Waals surface area contributed by atoms with Crippen molar-refractivity contribution in [3.05, 3.63) is 0 Å². The number of halogens is 3. The molecule has 0 radical (unpaired) electrons. The van der Waals surface area contributed by atoms with E-state index in [-0.39, 0.29) is 50.5 Å². The first kappa shape index (κ1) is 20.7. The summed E-state index contributed by atoms with van der Waals surface area (Å²) in [5.41, 5.74) is -5.28. The van der Waals surface area contributed by atoms with Gasteiger partial charge in [0.15, 0.2) is 5.96 Å². The Kier molecular flexibility index (Phi) is 6.72. The highest BCUT2D eigenvalue weighted by molar-refractivity contribution is 7.90. The Morgan fingerprint density at radius 2 is 1.69 bits per heavy atom. The lowest BCUT2D eigenvalue weighted by Crippen LogP contribution is -2.51. The summed E-state index contributed by atoms with van der Waals surface area (Å²) in [4.78, 5) is 15.9. The Morgan fingerprint density at radius 1 is 1.12 bits per heavy atom. The first-order valence-electron chi connectivity index (χ1n) is 8.54. The molecular formula is C14H24F3N5O3S. The maximum absolute atomic E-state index is 12.6. The summed E-state index contributed by atoms with van der Waals surface area (Å²) in [6, 6.07) is 0.0205. The van der Waals surface area contributed by atoms with Gasteiger partial charge in [-0.25, -0.2) is 13.4 Å². The van der Waals surface area contributed by atoms with Crippen LogP contribution in [0.4, 0.5) is 13.2 Å². The lowest BCUT2D eigenvalue weighted by atomic mass is 10.1. The van der Waals surface area contributed by atoms with E-state index in [1.807, 2.05) is 6.92 Å². The predicted octanol–water partition coefficient (Wildman–Crippen LogP) is 0.134. The van der Waals surface area contributed by atoms with Crippen LogP contribution in [-0.2, 0) is 14.8 Å². The Morgan fingerprint density at radius 3 is 2.19 bits per heavy atom. The quantitative estimate of drug-likeness (QED) is 0.435. The Labute approximate surface area is 150 Å². The number of hydrogen-bond donors (Lipinski definition) is 3. The van der Waals surface area contributed by atoms with Crippen LogP contribution in [0, 0.1) is 0 Å². The number of piperidine rings is 1. The standard InChI is InChI=1S/C14H24F3N5O3S/c1-2-18-13(19-9-12(23)20-10-3-4-10)21-11-5-7-22(8-6-11)26(24,25)14(15,16)17/h10-11H,2-9H2,1H3,(H,20,23)(H2,18,19,21). The van der Waals surface area contributed by atoms with Gasteiger partial charge in [0.1, 0.15) is 6.54 Å². The molecular weight excluding hydrogens is 375 g/mol. The fourth-order valence-electron chi connectivity index (χ4n) is 2.55. The van der Waals surface area contributed by atoms with Crippen molar-refractivity contribution in [2.75, 3.05) is 26.2 Å². The van der Waals surface area contributed by atoms with Gasteiger partial charge in [-0.05, 0) is 32.6 Å². The maximum atomic E-state index is 12.6. The zero-order valence-corrected chi connectivity index (χ0v) is 15.3. The second-order valence-corrected chi connectivity index (χ2v) is 8.23. The molecule has 1 saturated heterocycles. The molecule has 1 aliphatic heterocycles. The average molecular weight is 399 g/mol. The number of nitrogens with zero attached hydrogens (tertiary/aromatic N) is 2. The van der Waals surface area contributed by atoms with Crippen LogP contribution < -0.4 is 16.0 Å². The fourth-order valence-corrected chi connectivity index (χ4v) is 3.54.